The first-order valence-corrected chi connectivity index (χ1v) is 7.46. The summed E-state index contributed by atoms with van der Waals surface area (Å²) >= 11 is 0. The Kier molecular flexibility index (Phi) is 4.93. The lowest BCUT2D eigenvalue weighted by Gasteiger charge is -2.36. The molecule has 0 radical (unpaired) electrons. The van der Waals surface area contributed by atoms with Gasteiger partial charge in [-0.05, 0) is 50.9 Å². The minimum atomic E-state index is -0.595. The molecule has 1 fully saturated rings. The fourth-order valence-corrected chi connectivity index (χ4v) is 2.97. The molecule has 5 heteroatoms. The Labute approximate surface area is 124 Å². The Morgan fingerprint density at radius 1 is 1.29 bits per heavy atom. The lowest BCUT2D eigenvalue weighted by molar-refractivity contribution is -0.127. The Morgan fingerprint density at radius 2 is 1.95 bits per heavy atom. The number of benzene rings is 1. The highest BCUT2D eigenvalue weighted by molar-refractivity contribution is 5.95. The van der Waals surface area contributed by atoms with Crippen molar-refractivity contribution in [3.63, 3.8) is 0 Å². The third kappa shape index (κ3) is 3.40. The molecule has 0 aliphatic carbocycles. The maximum Gasteiger partial charge on any atom is 0.230 e. The van der Waals surface area contributed by atoms with E-state index < -0.39 is 17.0 Å². The molecule has 1 aromatic carbocycles. The molecular weight excluding hydrogens is 274 g/mol. The second kappa shape index (κ2) is 6.52. The van der Waals surface area contributed by atoms with Crippen LogP contribution in [-0.4, -0.2) is 19.0 Å². The van der Waals surface area contributed by atoms with Crippen LogP contribution in [-0.2, 0) is 4.79 Å². The smallest absolute Gasteiger partial charge is 0.230 e. The molecule has 2 rings (SSSR count). The monoisotopic (exact) mass is 296 g/mol. The van der Waals surface area contributed by atoms with Crippen molar-refractivity contribution in [2.24, 2.45) is 5.41 Å². The van der Waals surface area contributed by atoms with E-state index >= 15 is 0 Å². The van der Waals surface area contributed by atoms with Crippen molar-refractivity contribution >= 4 is 11.6 Å². The standard InChI is InChI=1S/C16H22F2N2O/c1-3-4-16(5-7-19-8-6-16)15(21)20-14-10-12(17)11(2)9-13(14)18/h9-10,19H,3-8H2,1-2H3,(H,20,21). The summed E-state index contributed by atoms with van der Waals surface area (Å²) in [6, 6.07) is 2.17. The molecule has 1 heterocycles. The molecular formula is C16H22F2N2O. The van der Waals surface area contributed by atoms with Gasteiger partial charge in [0.1, 0.15) is 11.6 Å². The zero-order chi connectivity index (χ0) is 15.5. The topological polar surface area (TPSA) is 41.1 Å². The second-order valence-corrected chi connectivity index (χ2v) is 5.82. The molecule has 2 N–H and O–H groups in total. The van der Waals surface area contributed by atoms with Gasteiger partial charge in [-0.2, -0.15) is 0 Å². The number of nitrogens with one attached hydrogen (secondary N) is 2. The summed E-state index contributed by atoms with van der Waals surface area (Å²) in [5.74, 6) is -1.31. The van der Waals surface area contributed by atoms with Crippen LogP contribution in [0.1, 0.15) is 38.2 Å². The summed E-state index contributed by atoms with van der Waals surface area (Å²) in [5, 5.41) is 5.82. The van der Waals surface area contributed by atoms with E-state index in [2.05, 4.69) is 10.6 Å². The zero-order valence-corrected chi connectivity index (χ0v) is 12.6. The van der Waals surface area contributed by atoms with Gasteiger partial charge >= 0.3 is 0 Å². The number of carbonyl (C=O) groups excluding carboxylic acids is 1. The molecule has 3 nitrogen and oxygen atoms in total. The number of anilines is 1. The van der Waals surface area contributed by atoms with Crippen molar-refractivity contribution in [3.05, 3.63) is 29.3 Å². The number of carbonyl (C=O) groups is 1. The van der Waals surface area contributed by atoms with Gasteiger partial charge in [0.05, 0.1) is 11.1 Å². The van der Waals surface area contributed by atoms with Crippen LogP contribution in [0.25, 0.3) is 0 Å². The van der Waals surface area contributed by atoms with Crippen molar-refractivity contribution in [2.45, 2.75) is 39.5 Å². The van der Waals surface area contributed by atoms with E-state index in [0.29, 0.717) is 0 Å². The minimum absolute atomic E-state index is 0.0721. The van der Waals surface area contributed by atoms with Gasteiger partial charge in [-0.15, -0.1) is 0 Å². The number of halogens is 2. The maximum absolute atomic E-state index is 13.9. The highest BCUT2D eigenvalue weighted by atomic mass is 19.1. The van der Waals surface area contributed by atoms with Gasteiger partial charge in [0.2, 0.25) is 5.91 Å². The maximum atomic E-state index is 13.9. The zero-order valence-electron chi connectivity index (χ0n) is 12.6. The van der Waals surface area contributed by atoms with E-state index in [9.17, 15) is 13.6 Å². The number of hydrogen-bond acceptors (Lipinski definition) is 2. The summed E-state index contributed by atoms with van der Waals surface area (Å²) < 4.78 is 27.4. The van der Waals surface area contributed by atoms with Gasteiger partial charge < -0.3 is 10.6 Å². The highest BCUT2D eigenvalue weighted by Gasteiger charge is 2.38. The lowest BCUT2D eigenvalue weighted by atomic mass is 9.74. The molecule has 1 saturated heterocycles. The fourth-order valence-electron chi connectivity index (χ4n) is 2.97. The van der Waals surface area contributed by atoms with Crippen LogP contribution in [0, 0.1) is 24.0 Å². The van der Waals surface area contributed by atoms with E-state index in [0.717, 1.165) is 50.9 Å². The molecule has 0 spiro atoms. The average Bonchev–Trinajstić information content (AvgIpc) is 2.46. The predicted molar refractivity (Wildman–Crippen MR) is 79.2 cm³/mol. The van der Waals surface area contributed by atoms with Crippen molar-refractivity contribution in [2.75, 3.05) is 18.4 Å². The van der Waals surface area contributed by atoms with Crippen LogP contribution in [0.3, 0.4) is 0 Å². The number of hydrogen-bond donors (Lipinski definition) is 2. The van der Waals surface area contributed by atoms with Gasteiger partial charge in [-0.25, -0.2) is 8.78 Å². The SMILES string of the molecule is CCCC1(C(=O)Nc2cc(F)c(C)cc2F)CCNCC1. The molecule has 0 atom stereocenters. The van der Waals surface area contributed by atoms with E-state index in [4.69, 9.17) is 0 Å². The summed E-state index contributed by atoms with van der Waals surface area (Å²) in [4.78, 5) is 12.6. The Morgan fingerprint density at radius 3 is 2.57 bits per heavy atom. The van der Waals surface area contributed by atoms with Gasteiger partial charge in [0.25, 0.3) is 0 Å². The second-order valence-electron chi connectivity index (χ2n) is 5.82. The Balaban J connectivity index is 2.21. The minimum Gasteiger partial charge on any atom is -0.323 e. The number of amides is 1. The molecule has 0 aromatic heterocycles. The third-order valence-corrected chi connectivity index (χ3v) is 4.27. The molecule has 1 aliphatic rings. The molecule has 0 unspecified atom stereocenters. The summed E-state index contributed by atoms with van der Waals surface area (Å²) in [5.41, 5.74) is -0.318. The van der Waals surface area contributed by atoms with E-state index in [1.165, 1.54) is 6.92 Å². The molecule has 1 aromatic rings. The molecule has 0 saturated carbocycles. The molecule has 21 heavy (non-hydrogen) atoms. The normalized spacial score (nSPS) is 17.5. The third-order valence-electron chi connectivity index (χ3n) is 4.27. The van der Waals surface area contributed by atoms with Crippen LogP contribution >= 0.6 is 0 Å². The first-order chi connectivity index (χ1) is 9.98. The van der Waals surface area contributed by atoms with Crippen LogP contribution in [0.5, 0.6) is 0 Å². The van der Waals surface area contributed by atoms with Gasteiger partial charge in [-0.1, -0.05) is 13.3 Å². The van der Waals surface area contributed by atoms with Crippen LogP contribution < -0.4 is 10.6 Å². The predicted octanol–water partition coefficient (Wildman–Crippen LogP) is 3.38. The van der Waals surface area contributed by atoms with Gasteiger partial charge in [-0.3, -0.25) is 4.79 Å². The van der Waals surface area contributed by atoms with Crippen LogP contribution in [0.4, 0.5) is 14.5 Å². The van der Waals surface area contributed by atoms with Crippen molar-refractivity contribution in [1.82, 2.24) is 5.32 Å². The highest BCUT2D eigenvalue weighted by Crippen LogP contribution is 2.35. The first-order valence-electron chi connectivity index (χ1n) is 7.46. The van der Waals surface area contributed by atoms with Crippen LogP contribution in [0.2, 0.25) is 0 Å². The largest absolute Gasteiger partial charge is 0.323 e. The summed E-state index contributed by atoms with van der Waals surface area (Å²) in [7, 11) is 0. The van der Waals surface area contributed by atoms with Crippen molar-refractivity contribution in [3.8, 4) is 0 Å². The Bertz CT molecular complexity index is 520. The molecule has 1 amide bonds. The Hall–Kier alpha value is -1.49. The molecule has 0 bridgehead atoms. The van der Waals surface area contributed by atoms with E-state index in [1.54, 1.807) is 0 Å². The average molecular weight is 296 g/mol. The fraction of sp³-hybridized carbons (Fsp3) is 0.562. The van der Waals surface area contributed by atoms with E-state index in [-0.39, 0.29) is 17.2 Å². The number of aryl methyl sites for hydroxylation is 1. The van der Waals surface area contributed by atoms with Crippen molar-refractivity contribution in [1.29, 1.82) is 0 Å². The first kappa shape index (κ1) is 15.9. The molecule has 1 aliphatic heterocycles. The van der Waals surface area contributed by atoms with Gasteiger partial charge in [0.15, 0.2) is 0 Å². The van der Waals surface area contributed by atoms with E-state index in [1.807, 2.05) is 6.92 Å². The van der Waals surface area contributed by atoms with Crippen molar-refractivity contribution < 1.29 is 13.6 Å². The number of rotatable bonds is 4. The lowest BCUT2D eigenvalue weighted by Crippen LogP contribution is -2.45. The summed E-state index contributed by atoms with van der Waals surface area (Å²) in [6.07, 6.45) is 3.10. The van der Waals surface area contributed by atoms with Gasteiger partial charge in [0, 0.05) is 6.07 Å². The quantitative estimate of drug-likeness (QED) is 0.894. The number of piperidine rings is 1. The van der Waals surface area contributed by atoms with Crippen LogP contribution in [0.15, 0.2) is 12.1 Å². The summed E-state index contributed by atoms with van der Waals surface area (Å²) in [6.45, 7) is 5.08. The molecule has 116 valence electrons.